The third-order valence-corrected chi connectivity index (χ3v) is 6.28. The zero-order chi connectivity index (χ0) is 13.8. The van der Waals surface area contributed by atoms with Crippen LogP contribution in [0, 0.1) is 23.2 Å². The van der Waals surface area contributed by atoms with Crippen molar-refractivity contribution in [3.05, 3.63) is 24.2 Å². The van der Waals surface area contributed by atoms with Crippen LogP contribution < -0.4 is 5.32 Å². The van der Waals surface area contributed by atoms with Gasteiger partial charge in [-0.1, -0.05) is 0 Å². The predicted molar refractivity (Wildman–Crippen MR) is 77.1 cm³/mol. The van der Waals surface area contributed by atoms with Crippen LogP contribution in [0.4, 0.5) is 0 Å². The minimum Gasteiger partial charge on any atom is -0.466 e. The van der Waals surface area contributed by atoms with E-state index in [9.17, 15) is 5.11 Å². The lowest BCUT2D eigenvalue weighted by molar-refractivity contribution is -0.190. The van der Waals surface area contributed by atoms with E-state index in [-0.39, 0.29) is 5.41 Å². The molecule has 0 spiro atoms. The molecular formula is C17H25NO2. The van der Waals surface area contributed by atoms with Gasteiger partial charge in [0.05, 0.1) is 6.26 Å². The minimum atomic E-state index is -0.846. The van der Waals surface area contributed by atoms with E-state index in [0.717, 1.165) is 23.5 Å². The number of likely N-dealkylation sites (N-methyl/N-ethyl adjacent to an activating group) is 1. The van der Waals surface area contributed by atoms with Gasteiger partial charge in [0.15, 0.2) is 0 Å². The third-order valence-electron chi connectivity index (χ3n) is 6.28. The van der Waals surface area contributed by atoms with Crippen LogP contribution in [0.1, 0.15) is 44.3 Å². The van der Waals surface area contributed by atoms with Crippen molar-refractivity contribution in [2.24, 2.45) is 23.2 Å². The molecule has 4 fully saturated rings. The Morgan fingerprint density at radius 1 is 1.25 bits per heavy atom. The van der Waals surface area contributed by atoms with Gasteiger partial charge in [-0.15, -0.1) is 0 Å². The summed E-state index contributed by atoms with van der Waals surface area (Å²) in [7, 11) is 1.93. The molecule has 0 aliphatic heterocycles. The summed E-state index contributed by atoms with van der Waals surface area (Å²) < 4.78 is 5.65. The summed E-state index contributed by atoms with van der Waals surface area (Å²) in [6.07, 6.45) is 9.41. The Balaban J connectivity index is 1.76. The molecule has 4 aliphatic rings. The maximum atomic E-state index is 11.6. The van der Waals surface area contributed by atoms with Gasteiger partial charge in [0, 0.05) is 12.0 Å². The van der Waals surface area contributed by atoms with Crippen LogP contribution >= 0.6 is 0 Å². The Labute approximate surface area is 120 Å². The van der Waals surface area contributed by atoms with Gasteiger partial charge in [-0.2, -0.15) is 0 Å². The molecule has 20 heavy (non-hydrogen) atoms. The topological polar surface area (TPSA) is 45.4 Å². The molecule has 5 rings (SSSR count). The predicted octanol–water partition coefficient (Wildman–Crippen LogP) is 2.90. The smallest absolute Gasteiger partial charge is 0.140 e. The number of aliphatic hydroxyl groups is 1. The van der Waals surface area contributed by atoms with E-state index < -0.39 is 5.60 Å². The summed E-state index contributed by atoms with van der Waals surface area (Å²) in [4.78, 5) is 0. The minimum absolute atomic E-state index is 0.0304. The van der Waals surface area contributed by atoms with Crippen LogP contribution in [0.15, 0.2) is 22.8 Å². The summed E-state index contributed by atoms with van der Waals surface area (Å²) >= 11 is 0. The van der Waals surface area contributed by atoms with Crippen molar-refractivity contribution in [1.29, 1.82) is 0 Å². The SMILES string of the molecule is CNCC(O)(c1ccco1)C12CC3CC(CC(C3)C1)C2. The maximum Gasteiger partial charge on any atom is 0.140 e. The van der Waals surface area contributed by atoms with Gasteiger partial charge >= 0.3 is 0 Å². The van der Waals surface area contributed by atoms with Crippen molar-refractivity contribution in [2.75, 3.05) is 13.6 Å². The van der Waals surface area contributed by atoms with E-state index in [1.54, 1.807) is 6.26 Å². The molecule has 3 heteroatoms. The Bertz CT molecular complexity index is 446. The Hall–Kier alpha value is -0.800. The second-order valence-corrected chi connectivity index (χ2v) is 7.57. The lowest BCUT2D eigenvalue weighted by Crippen LogP contribution is -2.59. The van der Waals surface area contributed by atoms with E-state index in [4.69, 9.17) is 4.42 Å². The molecular weight excluding hydrogens is 250 g/mol. The first-order valence-electron chi connectivity index (χ1n) is 8.06. The Morgan fingerprint density at radius 2 is 1.85 bits per heavy atom. The number of rotatable bonds is 4. The van der Waals surface area contributed by atoms with E-state index in [2.05, 4.69) is 5.32 Å². The first kappa shape index (κ1) is 12.9. The summed E-state index contributed by atoms with van der Waals surface area (Å²) in [6.45, 7) is 0.590. The summed E-state index contributed by atoms with van der Waals surface area (Å²) in [5, 5.41) is 14.8. The highest BCUT2D eigenvalue weighted by Gasteiger charge is 2.61. The lowest BCUT2D eigenvalue weighted by atomic mass is 9.45. The zero-order valence-electron chi connectivity index (χ0n) is 12.3. The fourth-order valence-electron chi connectivity index (χ4n) is 5.92. The van der Waals surface area contributed by atoms with Gasteiger partial charge in [-0.25, -0.2) is 0 Å². The summed E-state index contributed by atoms with van der Waals surface area (Å²) in [5.74, 6) is 3.26. The first-order valence-corrected chi connectivity index (χ1v) is 8.06. The highest BCUT2D eigenvalue weighted by Crippen LogP contribution is 2.65. The molecule has 110 valence electrons. The maximum absolute atomic E-state index is 11.6. The molecule has 4 bridgehead atoms. The Kier molecular flexibility index (Phi) is 2.80. The van der Waals surface area contributed by atoms with Gasteiger partial charge in [-0.3, -0.25) is 0 Å². The molecule has 0 amide bonds. The standard InChI is InChI=1S/C17H25NO2/c1-18-11-17(19,15-3-2-4-20-15)16-8-12-5-13(9-16)7-14(6-12)10-16/h2-4,12-14,18-19H,5-11H2,1H3. The van der Waals surface area contributed by atoms with Crippen LogP contribution in [0.2, 0.25) is 0 Å². The van der Waals surface area contributed by atoms with Gasteiger partial charge in [0.2, 0.25) is 0 Å². The number of hydrogen-bond acceptors (Lipinski definition) is 3. The molecule has 0 aromatic carbocycles. The van der Waals surface area contributed by atoms with Crippen LogP contribution in [-0.2, 0) is 5.60 Å². The van der Waals surface area contributed by atoms with Gasteiger partial charge in [0.25, 0.3) is 0 Å². The normalized spacial score (nSPS) is 41.8. The molecule has 1 aromatic rings. The lowest BCUT2D eigenvalue weighted by Gasteiger charge is -2.61. The molecule has 4 saturated carbocycles. The average Bonchev–Trinajstić information content (AvgIpc) is 2.91. The van der Waals surface area contributed by atoms with Crippen molar-refractivity contribution in [3.63, 3.8) is 0 Å². The van der Waals surface area contributed by atoms with Crippen LogP contribution in [0.3, 0.4) is 0 Å². The fourth-order valence-corrected chi connectivity index (χ4v) is 5.92. The third kappa shape index (κ3) is 1.66. The molecule has 1 atom stereocenters. The highest BCUT2D eigenvalue weighted by molar-refractivity contribution is 5.20. The van der Waals surface area contributed by atoms with Crippen molar-refractivity contribution in [1.82, 2.24) is 5.32 Å². The quantitative estimate of drug-likeness (QED) is 0.888. The Morgan fingerprint density at radius 3 is 2.30 bits per heavy atom. The van der Waals surface area contributed by atoms with Crippen molar-refractivity contribution in [2.45, 2.75) is 44.1 Å². The molecule has 1 aromatic heterocycles. The van der Waals surface area contributed by atoms with Gasteiger partial charge in [-0.05, 0) is 75.5 Å². The van der Waals surface area contributed by atoms with E-state index >= 15 is 0 Å². The zero-order valence-corrected chi connectivity index (χ0v) is 12.3. The molecule has 0 radical (unpaired) electrons. The average molecular weight is 275 g/mol. The second kappa shape index (κ2) is 4.35. The van der Waals surface area contributed by atoms with Crippen molar-refractivity contribution >= 4 is 0 Å². The molecule has 2 N–H and O–H groups in total. The van der Waals surface area contributed by atoms with E-state index in [1.807, 2.05) is 19.2 Å². The monoisotopic (exact) mass is 275 g/mol. The number of nitrogens with one attached hydrogen (secondary N) is 1. The molecule has 1 unspecified atom stereocenters. The molecule has 4 aliphatic carbocycles. The second-order valence-electron chi connectivity index (χ2n) is 7.57. The summed E-state index contributed by atoms with van der Waals surface area (Å²) in [5.41, 5.74) is -0.816. The van der Waals surface area contributed by atoms with Crippen LogP contribution in [-0.4, -0.2) is 18.7 Å². The fraction of sp³-hybridized carbons (Fsp3) is 0.765. The van der Waals surface area contributed by atoms with E-state index in [0.29, 0.717) is 6.54 Å². The molecule has 3 nitrogen and oxygen atoms in total. The van der Waals surface area contributed by atoms with E-state index in [1.165, 1.54) is 38.5 Å². The summed E-state index contributed by atoms with van der Waals surface area (Å²) in [6, 6.07) is 3.85. The number of furan rings is 1. The van der Waals surface area contributed by atoms with Crippen molar-refractivity contribution in [3.8, 4) is 0 Å². The highest BCUT2D eigenvalue weighted by atomic mass is 16.4. The first-order chi connectivity index (χ1) is 9.65. The van der Waals surface area contributed by atoms with Gasteiger partial charge < -0.3 is 14.8 Å². The van der Waals surface area contributed by atoms with Crippen LogP contribution in [0.25, 0.3) is 0 Å². The van der Waals surface area contributed by atoms with Crippen molar-refractivity contribution < 1.29 is 9.52 Å². The van der Waals surface area contributed by atoms with Crippen LogP contribution in [0.5, 0.6) is 0 Å². The number of hydrogen-bond donors (Lipinski definition) is 2. The largest absolute Gasteiger partial charge is 0.466 e. The van der Waals surface area contributed by atoms with Gasteiger partial charge in [0.1, 0.15) is 11.4 Å². The molecule has 0 saturated heterocycles. The molecule has 1 heterocycles.